The minimum absolute atomic E-state index is 0.189. The third-order valence-electron chi connectivity index (χ3n) is 3.56. The zero-order chi connectivity index (χ0) is 18.0. The summed E-state index contributed by atoms with van der Waals surface area (Å²) in [6.07, 6.45) is -4.34. The summed E-state index contributed by atoms with van der Waals surface area (Å²) in [4.78, 5) is 4.68. The predicted octanol–water partition coefficient (Wildman–Crippen LogP) is 5.84. The van der Waals surface area contributed by atoms with Crippen LogP contribution in [-0.2, 0) is 8.86 Å². The second kappa shape index (κ2) is 7.68. The second-order valence-electron chi connectivity index (χ2n) is 5.35. The van der Waals surface area contributed by atoms with Crippen molar-refractivity contribution in [1.29, 1.82) is 0 Å². The SMILES string of the molecule is FC(F)(F)COc1ccc(-n2c(CI)nc3cc(CI)ccc32)cc1. The lowest BCUT2D eigenvalue weighted by Crippen LogP contribution is -2.19. The molecule has 0 aliphatic rings. The van der Waals surface area contributed by atoms with E-state index in [1.807, 2.05) is 10.6 Å². The quantitative estimate of drug-likeness (QED) is 0.284. The van der Waals surface area contributed by atoms with Gasteiger partial charge in [-0.3, -0.25) is 4.57 Å². The van der Waals surface area contributed by atoms with Gasteiger partial charge in [-0.25, -0.2) is 4.98 Å². The lowest BCUT2D eigenvalue weighted by atomic mass is 10.2. The highest BCUT2D eigenvalue weighted by atomic mass is 127. The van der Waals surface area contributed by atoms with Crippen molar-refractivity contribution in [2.45, 2.75) is 15.0 Å². The fraction of sp³-hybridized carbons (Fsp3) is 0.235. The van der Waals surface area contributed by atoms with Crippen LogP contribution in [0, 0.1) is 0 Å². The van der Waals surface area contributed by atoms with Crippen molar-refractivity contribution in [1.82, 2.24) is 9.55 Å². The predicted molar refractivity (Wildman–Crippen MR) is 108 cm³/mol. The molecule has 1 heterocycles. The Bertz CT molecular complexity index is 876. The molecule has 0 N–H and O–H groups in total. The zero-order valence-electron chi connectivity index (χ0n) is 12.9. The smallest absolute Gasteiger partial charge is 0.422 e. The van der Waals surface area contributed by atoms with E-state index < -0.39 is 12.8 Å². The summed E-state index contributed by atoms with van der Waals surface area (Å²) in [5.41, 5.74) is 3.94. The fourth-order valence-corrected chi connectivity index (χ4v) is 3.48. The Morgan fingerprint density at radius 2 is 1.72 bits per heavy atom. The maximum Gasteiger partial charge on any atom is 0.422 e. The summed E-state index contributed by atoms with van der Waals surface area (Å²) in [7, 11) is 0. The first-order valence-electron chi connectivity index (χ1n) is 7.33. The first kappa shape index (κ1) is 18.7. The standard InChI is InChI=1S/C17H13F3I2N2O/c18-17(19,20)10-25-13-4-2-12(3-5-13)24-15-6-1-11(8-21)7-14(15)23-16(24)9-22/h1-7H,8-10H2. The van der Waals surface area contributed by atoms with Crippen LogP contribution in [-0.4, -0.2) is 22.3 Å². The molecule has 0 fully saturated rings. The molecule has 0 saturated carbocycles. The Balaban J connectivity index is 1.95. The van der Waals surface area contributed by atoms with Gasteiger partial charge < -0.3 is 4.74 Å². The number of imidazole rings is 1. The van der Waals surface area contributed by atoms with Crippen LogP contribution < -0.4 is 4.74 Å². The lowest BCUT2D eigenvalue weighted by molar-refractivity contribution is -0.153. The van der Waals surface area contributed by atoms with E-state index >= 15 is 0 Å². The van der Waals surface area contributed by atoms with Crippen LogP contribution >= 0.6 is 45.2 Å². The van der Waals surface area contributed by atoms with Crippen molar-refractivity contribution in [3.63, 3.8) is 0 Å². The monoisotopic (exact) mass is 572 g/mol. The Kier molecular flexibility index (Phi) is 5.76. The number of halogens is 5. The normalized spacial score (nSPS) is 11.9. The van der Waals surface area contributed by atoms with Crippen LogP contribution in [0.3, 0.4) is 0 Å². The Morgan fingerprint density at radius 1 is 1.00 bits per heavy atom. The number of alkyl halides is 5. The average molecular weight is 572 g/mol. The number of fused-ring (bicyclic) bond motifs is 1. The summed E-state index contributed by atoms with van der Waals surface area (Å²) in [6.45, 7) is -1.29. The maximum atomic E-state index is 12.2. The molecule has 3 aromatic rings. The van der Waals surface area contributed by atoms with E-state index in [-0.39, 0.29) is 5.75 Å². The van der Waals surface area contributed by atoms with E-state index in [1.54, 1.807) is 24.3 Å². The number of aromatic nitrogens is 2. The van der Waals surface area contributed by atoms with Gasteiger partial charge in [-0.1, -0.05) is 51.2 Å². The molecule has 1 aromatic heterocycles. The largest absolute Gasteiger partial charge is 0.484 e. The Hall–Kier alpha value is -1.04. The highest BCUT2D eigenvalue weighted by Gasteiger charge is 2.28. The van der Waals surface area contributed by atoms with Crippen LogP contribution in [0.2, 0.25) is 0 Å². The summed E-state index contributed by atoms with van der Waals surface area (Å²) in [5, 5.41) is 0. The van der Waals surface area contributed by atoms with Gasteiger partial charge in [-0.15, -0.1) is 0 Å². The van der Waals surface area contributed by atoms with Crippen LogP contribution in [0.15, 0.2) is 42.5 Å². The van der Waals surface area contributed by atoms with Gasteiger partial charge >= 0.3 is 6.18 Å². The van der Waals surface area contributed by atoms with Crippen LogP contribution in [0.4, 0.5) is 13.2 Å². The molecule has 0 atom stereocenters. The molecule has 0 bridgehead atoms. The first-order chi connectivity index (χ1) is 11.9. The van der Waals surface area contributed by atoms with Crippen molar-refractivity contribution >= 4 is 56.2 Å². The molecular formula is C17H13F3I2N2O. The van der Waals surface area contributed by atoms with E-state index in [2.05, 4.69) is 62.3 Å². The third-order valence-corrected chi connectivity index (χ3v) is 5.12. The molecule has 2 aromatic carbocycles. The van der Waals surface area contributed by atoms with Crippen molar-refractivity contribution in [2.24, 2.45) is 0 Å². The zero-order valence-corrected chi connectivity index (χ0v) is 17.2. The second-order valence-corrected chi connectivity index (χ2v) is 6.88. The van der Waals surface area contributed by atoms with Gasteiger partial charge in [0.25, 0.3) is 0 Å². The van der Waals surface area contributed by atoms with E-state index in [9.17, 15) is 13.2 Å². The summed E-state index contributed by atoms with van der Waals surface area (Å²) in [5.74, 6) is 1.08. The summed E-state index contributed by atoms with van der Waals surface area (Å²) >= 11 is 4.56. The van der Waals surface area contributed by atoms with E-state index in [0.717, 1.165) is 31.4 Å². The lowest BCUT2D eigenvalue weighted by Gasteiger charge is -2.11. The van der Waals surface area contributed by atoms with Crippen molar-refractivity contribution in [3.8, 4) is 11.4 Å². The molecule has 3 rings (SSSR count). The highest BCUT2D eigenvalue weighted by Crippen LogP contribution is 2.26. The molecule has 0 saturated heterocycles. The maximum absolute atomic E-state index is 12.2. The molecule has 0 spiro atoms. The number of benzene rings is 2. The molecule has 8 heteroatoms. The van der Waals surface area contributed by atoms with Gasteiger partial charge in [0.2, 0.25) is 0 Å². The van der Waals surface area contributed by atoms with Gasteiger partial charge in [0.1, 0.15) is 11.6 Å². The van der Waals surface area contributed by atoms with Crippen LogP contribution in [0.1, 0.15) is 11.4 Å². The van der Waals surface area contributed by atoms with Crippen molar-refractivity contribution in [2.75, 3.05) is 6.61 Å². The van der Waals surface area contributed by atoms with Gasteiger partial charge in [-0.2, -0.15) is 13.2 Å². The summed E-state index contributed by atoms with van der Waals surface area (Å²) in [6, 6.07) is 12.7. The number of ether oxygens (including phenoxy) is 1. The molecule has 0 aliphatic heterocycles. The van der Waals surface area contributed by atoms with Gasteiger partial charge in [-0.05, 0) is 42.0 Å². The van der Waals surface area contributed by atoms with E-state index in [1.165, 1.54) is 5.56 Å². The number of hydrogen-bond acceptors (Lipinski definition) is 2. The van der Waals surface area contributed by atoms with Crippen molar-refractivity contribution < 1.29 is 17.9 Å². The third kappa shape index (κ3) is 4.39. The number of hydrogen-bond donors (Lipinski definition) is 0. The van der Waals surface area contributed by atoms with Gasteiger partial charge in [0, 0.05) is 10.1 Å². The molecule has 0 unspecified atom stereocenters. The Labute approximate surface area is 169 Å². The fourth-order valence-electron chi connectivity index (χ4n) is 2.49. The van der Waals surface area contributed by atoms with Gasteiger partial charge in [0.05, 0.1) is 15.5 Å². The molecule has 0 aliphatic carbocycles. The molecular weight excluding hydrogens is 559 g/mol. The topological polar surface area (TPSA) is 27.1 Å². The Morgan fingerprint density at radius 3 is 2.32 bits per heavy atom. The molecule has 0 radical (unpaired) electrons. The first-order valence-corrected chi connectivity index (χ1v) is 10.4. The van der Waals surface area contributed by atoms with Gasteiger partial charge in [0.15, 0.2) is 6.61 Å². The summed E-state index contributed by atoms with van der Waals surface area (Å²) < 4.78 is 45.1. The highest BCUT2D eigenvalue weighted by molar-refractivity contribution is 14.1. The molecule has 0 amide bonds. The number of nitrogens with zero attached hydrogens (tertiary/aromatic N) is 2. The van der Waals surface area contributed by atoms with Crippen molar-refractivity contribution in [3.05, 3.63) is 53.9 Å². The average Bonchev–Trinajstić information content (AvgIpc) is 2.97. The van der Waals surface area contributed by atoms with Crippen LogP contribution in [0.25, 0.3) is 16.7 Å². The minimum atomic E-state index is -4.34. The van der Waals surface area contributed by atoms with E-state index in [0.29, 0.717) is 0 Å². The number of rotatable bonds is 5. The van der Waals surface area contributed by atoms with E-state index in [4.69, 9.17) is 4.74 Å². The minimum Gasteiger partial charge on any atom is -0.484 e. The molecule has 25 heavy (non-hydrogen) atoms. The van der Waals surface area contributed by atoms with Crippen LogP contribution in [0.5, 0.6) is 5.75 Å². The molecule has 132 valence electrons. The molecule has 3 nitrogen and oxygen atoms in total.